The second-order valence-corrected chi connectivity index (χ2v) is 6.11. The third-order valence-corrected chi connectivity index (χ3v) is 3.59. The third kappa shape index (κ3) is 4.18. The quantitative estimate of drug-likeness (QED) is 0.836. The van der Waals surface area contributed by atoms with E-state index in [0.717, 1.165) is 31.8 Å². The average Bonchev–Trinajstić information content (AvgIpc) is 2.87. The molecule has 0 aliphatic carbocycles. The zero-order valence-electron chi connectivity index (χ0n) is 13.7. The number of hydrogen-bond donors (Lipinski definition) is 1. The number of aryl methyl sites for hydroxylation is 2. The first-order chi connectivity index (χ1) is 10.1. The van der Waals surface area contributed by atoms with Gasteiger partial charge in [0, 0.05) is 31.0 Å². The first kappa shape index (κ1) is 15.8. The van der Waals surface area contributed by atoms with Gasteiger partial charge in [0.15, 0.2) is 0 Å². The number of benzene rings is 1. The number of imidazole rings is 1. The van der Waals surface area contributed by atoms with Crippen molar-refractivity contribution in [3.8, 4) is 5.69 Å². The number of nitrogens with zero attached hydrogens (tertiary/aromatic N) is 2. The minimum atomic E-state index is 0.688. The molecule has 0 spiro atoms. The van der Waals surface area contributed by atoms with E-state index in [0.29, 0.717) is 5.92 Å². The highest BCUT2D eigenvalue weighted by Crippen LogP contribution is 2.18. The summed E-state index contributed by atoms with van der Waals surface area (Å²) >= 11 is 0. The predicted molar refractivity (Wildman–Crippen MR) is 88.8 cm³/mol. The Bertz CT molecular complexity index is 570. The molecule has 0 bridgehead atoms. The molecule has 114 valence electrons. The van der Waals surface area contributed by atoms with E-state index in [2.05, 4.69) is 67.0 Å². The lowest BCUT2D eigenvalue weighted by molar-refractivity contribution is 0.552. The molecule has 21 heavy (non-hydrogen) atoms. The van der Waals surface area contributed by atoms with Crippen molar-refractivity contribution in [3.05, 3.63) is 47.5 Å². The second kappa shape index (κ2) is 7.41. The predicted octanol–water partition coefficient (Wildman–Crippen LogP) is 3.88. The molecule has 0 amide bonds. The van der Waals surface area contributed by atoms with Crippen molar-refractivity contribution in [3.63, 3.8) is 0 Å². The summed E-state index contributed by atoms with van der Waals surface area (Å²) in [7, 11) is 0. The van der Waals surface area contributed by atoms with Crippen LogP contribution in [-0.2, 0) is 13.0 Å². The molecular weight excluding hydrogens is 258 g/mol. The number of aromatic nitrogens is 2. The minimum absolute atomic E-state index is 0.688. The Kier molecular flexibility index (Phi) is 5.57. The van der Waals surface area contributed by atoms with Gasteiger partial charge in [0.05, 0.1) is 0 Å². The van der Waals surface area contributed by atoms with Crippen LogP contribution in [0.15, 0.2) is 30.6 Å². The topological polar surface area (TPSA) is 29.9 Å². The maximum Gasteiger partial charge on any atom is 0.113 e. The van der Waals surface area contributed by atoms with Gasteiger partial charge >= 0.3 is 0 Å². The summed E-state index contributed by atoms with van der Waals surface area (Å²) in [6.45, 7) is 10.8. The zero-order valence-corrected chi connectivity index (χ0v) is 13.7. The van der Waals surface area contributed by atoms with E-state index in [1.807, 2.05) is 6.20 Å². The van der Waals surface area contributed by atoms with E-state index in [9.17, 15) is 0 Å². The molecule has 0 aliphatic rings. The lowest BCUT2D eigenvalue weighted by atomic mass is 10.1. The van der Waals surface area contributed by atoms with Crippen LogP contribution in [0.2, 0.25) is 0 Å². The van der Waals surface area contributed by atoms with Gasteiger partial charge < -0.3 is 9.88 Å². The Labute approximate surface area is 128 Å². The van der Waals surface area contributed by atoms with Crippen molar-refractivity contribution in [1.29, 1.82) is 0 Å². The molecule has 2 aromatic rings. The molecule has 0 fully saturated rings. The summed E-state index contributed by atoms with van der Waals surface area (Å²) in [4.78, 5) is 4.47. The van der Waals surface area contributed by atoms with Gasteiger partial charge in [-0.15, -0.1) is 0 Å². The standard InChI is InChI=1S/C18H27N3/c1-5-6-18-20-9-10-21(18)17-8-7-16(11-15(17)4)13-19-12-14(2)3/h7-11,14,19H,5-6,12-13H2,1-4H3. The first-order valence-corrected chi connectivity index (χ1v) is 7.94. The zero-order chi connectivity index (χ0) is 15.2. The van der Waals surface area contributed by atoms with Crippen LogP contribution in [0.25, 0.3) is 5.69 Å². The Morgan fingerprint density at radius 1 is 1.29 bits per heavy atom. The molecule has 1 heterocycles. The van der Waals surface area contributed by atoms with E-state index in [-0.39, 0.29) is 0 Å². The molecule has 2 rings (SSSR count). The fraction of sp³-hybridized carbons (Fsp3) is 0.500. The van der Waals surface area contributed by atoms with Gasteiger partial charge in [-0.25, -0.2) is 4.98 Å². The maximum absolute atomic E-state index is 4.47. The lowest BCUT2D eigenvalue weighted by Crippen LogP contribution is -2.19. The molecule has 0 atom stereocenters. The van der Waals surface area contributed by atoms with Crippen LogP contribution in [0.1, 0.15) is 44.1 Å². The van der Waals surface area contributed by atoms with E-state index in [1.54, 1.807) is 0 Å². The van der Waals surface area contributed by atoms with Crippen molar-refractivity contribution in [2.45, 2.75) is 47.1 Å². The van der Waals surface area contributed by atoms with Crippen LogP contribution < -0.4 is 5.32 Å². The molecule has 0 aliphatic heterocycles. The summed E-state index contributed by atoms with van der Waals surface area (Å²) < 4.78 is 2.21. The van der Waals surface area contributed by atoms with Gasteiger partial charge in [-0.05, 0) is 43.0 Å². The van der Waals surface area contributed by atoms with Gasteiger partial charge in [-0.2, -0.15) is 0 Å². The Balaban J connectivity index is 2.13. The van der Waals surface area contributed by atoms with E-state index < -0.39 is 0 Å². The van der Waals surface area contributed by atoms with E-state index in [4.69, 9.17) is 0 Å². The summed E-state index contributed by atoms with van der Waals surface area (Å²) in [6, 6.07) is 6.70. The van der Waals surface area contributed by atoms with Crippen LogP contribution in [0.5, 0.6) is 0 Å². The van der Waals surface area contributed by atoms with Crippen LogP contribution in [0, 0.1) is 12.8 Å². The molecule has 0 saturated carbocycles. The lowest BCUT2D eigenvalue weighted by Gasteiger charge is -2.13. The smallest absolute Gasteiger partial charge is 0.113 e. The molecule has 3 heteroatoms. The van der Waals surface area contributed by atoms with E-state index in [1.165, 1.54) is 16.8 Å². The Morgan fingerprint density at radius 2 is 2.10 bits per heavy atom. The third-order valence-electron chi connectivity index (χ3n) is 3.59. The fourth-order valence-electron chi connectivity index (χ4n) is 2.57. The van der Waals surface area contributed by atoms with Crippen molar-refractivity contribution >= 4 is 0 Å². The van der Waals surface area contributed by atoms with Crippen molar-refractivity contribution in [1.82, 2.24) is 14.9 Å². The second-order valence-electron chi connectivity index (χ2n) is 6.11. The number of nitrogens with one attached hydrogen (secondary N) is 1. The normalized spacial score (nSPS) is 11.3. The van der Waals surface area contributed by atoms with E-state index >= 15 is 0 Å². The molecule has 3 nitrogen and oxygen atoms in total. The van der Waals surface area contributed by atoms with Crippen molar-refractivity contribution in [2.75, 3.05) is 6.54 Å². The monoisotopic (exact) mass is 285 g/mol. The fourth-order valence-corrected chi connectivity index (χ4v) is 2.57. The largest absolute Gasteiger partial charge is 0.312 e. The molecule has 0 radical (unpaired) electrons. The number of hydrogen-bond acceptors (Lipinski definition) is 2. The SMILES string of the molecule is CCCc1nccn1-c1ccc(CNCC(C)C)cc1C. The van der Waals surface area contributed by atoms with Crippen LogP contribution in [0.4, 0.5) is 0 Å². The van der Waals surface area contributed by atoms with Crippen LogP contribution >= 0.6 is 0 Å². The van der Waals surface area contributed by atoms with Crippen LogP contribution in [-0.4, -0.2) is 16.1 Å². The van der Waals surface area contributed by atoms with Gasteiger partial charge in [-0.1, -0.05) is 32.9 Å². The summed E-state index contributed by atoms with van der Waals surface area (Å²) in [5, 5.41) is 3.50. The van der Waals surface area contributed by atoms with Crippen molar-refractivity contribution in [2.24, 2.45) is 5.92 Å². The highest BCUT2D eigenvalue weighted by atomic mass is 15.1. The van der Waals surface area contributed by atoms with Gasteiger partial charge in [0.2, 0.25) is 0 Å². The van der Waals surface area contributed by atoms with Gasteiger partial charge in [0.25, 0.3) is 0 Å². The number of rotatable bonds is 7. The molecule has 0 unspecified atom stereocenters. The summed E-state index contributed by atoms with van der Waals surface area (Å²) in [6.07, 6.45) is 6.09. The summed E-state index contributed by atoms with van der Waals surface area (Å²) in [5.74, 6) is 1.83. The molecule has 0 saturated heterocycles. The maximum atomic E-state index is 4.47. The highest BCUT2D eigenvalue weighted by Gasteiger charge is 2.07. The highest BCUT2D eigenvalue weighted by molar-refractivity contribution is 5.43. The molecule has 1 N–H and O–H groups in total. The molecule has 1 aromatic carbocycles. The van der Waals surface area contributed by atoms with Crippen LogP contribution in [0.3, 0.4) is 0 Å². The first-order valence-electron chi connectivity index (χ1n) is 7.94. The average molecular weight is 285 g/mol. The molecular formula is C18H27N3. The molecule has 1 aromatic heterocycles. The van der Waals surface area contributed by atoms with Gasteiger partial charge in [-0.3, -0.25) is 0 Å². The Hall–Kier alpha value is -1.61. The summed E-state index contributed by atoms with van der Waals surface area (Å²) in [5.41, 5.74) is 3.88. The minimum Gasteiger partial charge on any atom is -0.312 e. The van der Waals surface area contributed by atoms with Gasteiger partial charge in [0.1, 0.15) is 5.82 Å². The Morgan fingerprint density at radius 3 is 2.76 bits per heavy atom. The van der Waals surface area contributed by atoms with Crippen molar-refractivity contribution < 1.29 is 0 Å².